The van der Waals surface area contributed by atoms with E-state index in [0.717, 1.165) is 25.8 Å². The molecule has 21 heavy (non-hydrogen) atoms. The lowest BCUT2D eigenvalue weighted by Gasteiger charge is -2.38. The van der Waals surface area contributed by atoms with Crippen LogP contribution < -0.4 is 5.32 Å². The van der Waals surface area contributed by atoms with E-state index < -0.39 is 0 Å². The summed E-state index contributed by atoms with van der Waals surface area (Å²) < 4.78 is 0. The van der Waals surface area contributed by atoms with Crippen LogP contribution in [0.2, 0.25) is 0 Å². The average molecular weight is 297 g/mol. The fourth-order valence-electron chi connectivity index (χ4n) is 3.09. The lowest BCUT2D eigenvalue weighted by molar-refractivity contribution is -0.139. The van der Waals surface area contributed by atoms with Gasteiger partial charge in [-0.2, -0.15) is 0 Å². The molecule has 122 valence electrons. The fraction of sp³-hybridized carbons (Fsp3) is 0.875. The summed E-state index contributed by atoms with van der Waals surface area (Å²) in [6.45, 7) is 12.0. The predicted molar refractivity (Wildman–Crippen MR) is 85.0 cm³/mol. The Labute approximate surface area is 129 Å². The molecule has 1 fully saturated rings. The third-order valence-electron chi connectivity index (χ3n) is 4.01. The third-order valence-corrected chi connectivity index (χ3v) is 4.01. The molecule has 0 saturated carbocycles. The second kappa shape index (κ2) is 8.37. The summed E-state index contributed by atoms with van der Waals surface area (Å²) in [4.78, 5) is 28.6. The first-order valence-corrected chi connectivity index (χ1v) is 8.21. The van der Waals surface area contributed by atoms with Gasteiger partial charge in [-0.05, 0) is 34.1 Å². The topological polar surface area (TPSA) is 52.7 Å². The van der Waals surface area contributed by atoms with Gasteiger partial charge >= 0.3 is 0 Å². The van der Waals surface area contributed by atoms with Crippen molar-refractivity contribution in [1.82, 2.24) is 15.1 Å². The van der Waals surface area contributed by atoms with Crippen LogP contribution in [0.25, 0.3) is 0 Å². The van der Waals surface area contributed by atoms with E-state index >= 15 is 0 Å². The summed E-state index contributed by atoms with van der Waals surface area (Å²) >= 11 is 0. The molecule has 1 N–H and O–H groups in total. The lowest BCUT2D eigenvalue weighted by atomic mass is 10.1. The van der Waals surface area contributed by atoms with Crippen LogP contribution in [0.15, 0.2) is 0 Å². The van der Waals surface area contributed by atoms with Crippen molar-refractivity contribution in [2.75, 3.05) is 19.6 Å². The van der Waals surface area contributed by atoms with Gasteiger partial charge in [0.15, 0.2) is 0 Å². The molecule has 1 aliphatic rings. The maximum atomic E-state index is 12.6. The van der Waals surface area contributed by atoms with E-state index in [1.807, 2.05) is 32.6 Å². The van der Waals surface area contributed by atoms with Crippen molar-refractivity contribution in [2.45, 2.75) is 72.0 Å². The highest BCUT2D eigenvalue weighted by Crippen LogP contribution is 2.14. The zero-order valence-corrected chi connectivity index (χ0v) is 14.2. The van der Waals surface area contributed by atoms with Gasteiger partial charge in [0.2, 0.25) is 11.8 Å². The Morgan fingerprint density at radius 1 is 1.33 bits per heavy atom. The number of nitrogens with zero attached hydrogens (tertiary/aromatic N) is 2. The van der Waals surface area contributed by atoms with Gasteiger partial charge in [0, 0.05) is 25.2 Å². The third kappa shape index (κ3) is 4.99. The summed E-state index contributed by atoms with van der Waals surface area (Å²) in [5.41, 5.74) is 0. The molecule has 0 radical (unpaired) electrons. The average Bonchev–Trinajstić information content (AvgIpc) is 2.37. The Morgan fingerprint density at radius 3 is 2.48 bits per heavy atom. The van der Waals surface area contributed by atoms with Gasteiger partial charge in [-0.15, -0.1) is 0 Å². The van der Waals surface area contributed by atoms with E-state index in [0.29, 0.717) is 13.1 Å². The van der Waals surface area contributed by atoms with Crippen LogP contribution >= 0.6 is 0 Å². The number of nitrogens with one attached hydrogen (secondary N) is 1. The molecule has 5 nitrogen and oxygen atoms in total. The van der Waals surface area contributed by atoms with E-state index in [4.69, 9.17) is 0 Å². The summed E-state index contributed by atoms with van der Waals surface area (Å²) in [6.07, 6.45) is 2.91. The number of carbonyl (C=O) groups is 2. The minimum absolute atomic E-state index is 0.0724. The van der Waals surface area contributed by atoms with Crippen molar-refractivity contribution >= 4 is 11.8 Å². The van der Waals surface area contributed by atoms with Crippen molar-refractivity contribution in [1.29, 1.82) is 0 Å². The number of hydrogen-bond donors (Lipinski definition) is 1. The van der Waals surface area contributed by atoms with Gasteiger partial charge in [0.1, 0.15) is 0 Å². The van der Waals surface area contributed by atoms with Crippen molar-refractivity contribution in [3.05, 3.63) is 0 Å². The monoisotopic (exact) mass is 297 g/mol. The molecule has 0 spiro atoms. The number of unbranched alkanes of at least 4 members (excludes halogenated alkanes) is 1. The molecule has 0 aromatic rings. The summed E-state index contributed by atoms with van der Waals surface area (Å²) in [6, 6.07) is 0.222. The molecule has 0 aromatic heterocycles. The number of carbonyl (C=O) groups excluding carboxylic acids is 2. The lowest BCUT2D eigenvalue weighted by Crippen LogP contribution is -2.58. The number of piperazine rings is 1. The van der Waals surface area contributed by atoms with Crippen LogP contribution in [0.5, 0.6) is 0 Å². The van der Waals surface area contributed by atoms with Crippen LogP contribution in [0.4, 0.5) is 0 Å². The molecule has 1 aliphatic heterocycles. The maximum absolute atomic E-state index is 12.6. The van der Waals surface area contributed by atoms with Crippen molar-refractivity contribution < 1.29 is 9.59 Å². The maximum Gasteiger partial charge on any atom is 0.237 e. The number of rotatable bonds is 7. The Morgan fingerprint density at radius 2 is 1.95 bits per heavy atom. The molecule has 1 saturated heterocycles. The summed E-state index contributed by atoms with van der Waals surface area (Å²) in [5, 5.41) is 2.91. The second-order valence-electron chi connectivity index (χ2n) is 6.41. The molecular weight excluding hydrogens is 266 g/mol. The van der Waals surface area contributed by atoms with E-state index in [-0.39, 0.29) is 29.9 Å². The first-order valence-electron chi connectivity index (χ1n) is 8.21. The van der Waals surface area contributed by atoms with Crippen LogP contribution in [-0.4, -0.2) is 59.4 Å². The predicted octanol–water partition coefficient (Wildman–Crippen LogP) is 1.62. The van der Waals surface area contributed by atoms with Crippen LogP contribution in [0, 0.1) is 0 Å². The van der Waals surface area contributed by atoms with E-state index in [9.17, 15) is 9.59 Å². The van der Waals surface area contributed by atoms with Gasteiger partial charge in [0.05, 0.1) is 12.6 Å². The summed E-state index contributed by atoms with van der Waals surface area (Å²) in [7, 11) is 0. The SMILES string of the molecule is CCCC[C@H]1C(=O)NCCN1CC(=O)N(C(C)C)C(C)C. The molecule has 0 aliphatic carbocycles. The smallest absolute Gasteiger partial charge is 0.237 e. The first-order chi connectivity index (χ1) is 9.88. The molecule has 0 bridgehead atoms. The van der Waals surface area contributed by atoms with Gasteiger partial charge in [0.25, 0.3) is 0 Å². The van der Waals surface area contributed by atoms with E-state index in [2.05, 4.69) is 17.1 Å². The quantitative estimate of drug-likeness (QED) is 0.777. The highest BCUT2D eigenvalue weighted by Gasteiger charge is 2.32. The van der Waals surface area contributed by atoms with E-state index in [1.165, 1.54) is 0 Å². The minimum Gasteiger partial charge on any atom is -0.353 e. The van der Waals surface area contributed by atoms with Crippen LogP contribution in [0.3, 0.4) is 0 Å². The Balaban J connectivity index is 2.72. The normalized spacial score (nSPS) is 20.0. The Bertz CT molecular complexity index is 347. The van der Waals surface area contributed by atoms with Crippen molar-refractivity contribution in [2.24, 2.45) is 0 Å². The van der Waals surface area contributed by atoms with Gasteiger partial charge in [-0.3, -0.25) is 14.5 Å². The molecule has 1 rings (SSSR count). The Hall–Kier alpha value is -1.10. The summed E-state index contributed by atoms with van der Waals surface area (Å²) in [5.74, 6) is 0.194. The standard InChI is InChI=1S/C16H31N3O2/c1-6-7-8-14-16(21)17-9-10-18(14)11-15(20)19(12(2)3)13(4)5/h12-14H,6-11H2,1-5H3,(H,17,21)/t14-/m0/s1. The van der Waals surface area contributed by atoms with Gasteiger partial charge in [-0.25, -0.2) is 0 Å². The van der Waals surface area contributed by atoms with Gasteiger partial charge in [-0.1, -0.05) is 19.8 Å². The molecule has 5 heteroatoms. The Kier molecular flexibility index (Phi) is 7.15. The molecule has 2 amide bonds. The van der Waals surface area contributed by atoms with Crippen molar-refractivity contribution in [3.8, 4) is 0 Å². The second-order valence-corrected chi connectivity index (χ2v) is 6.41. The van der Waals surface area contributed by atoms with E-state index in [1.54, 1.807) is 0 Å². The van der Waals surface area contributed by atoms with Crippen LogP contribution in [-0.2, 0) is 9.59 Å². The fourth-order valence-corrected chi connectivity index (χ4v) is 3.09. The minimum atomic E-state index is -0.149. The number of amides is 2. The molecule has 1 heterocycles. The van der Waals surface area contributed by atoms with Gasteiger partial charge < -0.3 is 10.2 Å². The highest BCUT2D eigenvalue weighted by molar-refractivity contribution is 5.84. The molecule has 0 aromatic carbocycles. The highest BCUT2D eigenvalue weighted by atomic mass is 16.2. The van der Waals surface area contributed by atoms with Crippen LogP contribution in [0.1, 0.15) is 53.9 Å². The van der Waals surface area contributed by atoms with Crippen molar-refractivity contribution in [3.63, 3.8) is 0 Å². The zero-order chi connectivity index (χ0) is 16.0. The largest absolute Gasteiger partial charge is 0.353 e. The number of hydrogen-bond acceptors (Lipinski definition) is 3. The zero-order valence-electron chi connectivity index (χ0n) is 14.2. The molecule has 1 atom stereocenters. The first kappa shape index (κ1) is 18.0. The molecular formula is C16H31N3O2. The molecule has 0 unspecified atom stereocenters.